The smallest absolute Gasteiger partial charge is 0.407 e. The van der Waals surface area contributed by atoms with Gasteiger partial charge in [0.1, 0.15) is 17.2 Å². The van der Waals surface area contributed by atoms with Gasteiger partial charge in [0.05, 0.1) is 6.54 Å². The Morgan fingerprint density at radius 1 is 1.39 bits per heavy atom. The van der Waals surface area contributed by atoms with Crippen molar-refractivity contribution in [3.8, 4) is 0 Å². The first-order valence-electron chi connectivity index (χ1n) is 5.46. The molecule has 1 aliphatic heterocycles. The van der Waals surface area contributed by atoms with Crippen LogP contribution in [0.2, 0.25) is 0 Å². The second-order valence-electron chi connectivity index (χ2n) is 4.31. The average molecular weight is 257 g/mol. The summed E-state index contributed by atoms with van der Waals surface area (Å²) in [5, 5.41) is 8.92. The minimum absolute atomic E-state index is 0.0712. The molecule has 0 radical (unpaired) electrons. The number of hydrogen-bond donors (Lipinski definition) is 1. The number of carbonyl (C=O) groups is 1. The van der Waals surface area contributed by atoms with E-state index in [2.05, 4.69) is 0 Å². The Morgan fingerprint density at radius 3 is 2.44 bits per heavy atom. The lowest BCUT2D eigenvalue weighted by Gasteiger charge is -2.28. The summed E-state index contributed by atoms with van der Waals surface area (Å²) in [6, 6.07) is 3.13. The number of amides is 1. The van der Waals surface area contributed by atoms with Gasteiger partial charge in [-0.05, 0) is 17.7 Å². The van der Waals surface area contributed by atoms with Crippen LogP contribution in [0.25, 0.3) is 0 Å². The van der Waals surface area contributed by atoms with Crippen molar-refractivity contribution in [2.45, 2.75) is 12.0 Å². The van der Waals surface area contributed by atoms with Crippen molar-refractivity contribution >= 4 is 6.09 Å². The molecular formula is C12H13F2NO3. The van der Waals surface area contributed by atoms with Crippen LogP contribution in [-0.2, 0) is 10.3 Å². The molecule has 98 valence electrons. The monoisotopic (exact) mass is 257 g/mol. The van der Waals surface area contributed by atoms with Gasteiger partial charge in [-0.15, -0.1) is 0 Å². The number of likely N-dealkylation sites (tertiary alicyclic amines) is 1. The lowest BCUT2D eigenvalue weighted by atomic mass is 9.92. The first kappa shape index (κ1) is 12.8. The van der Waals surface area contributed by atoms with Crippen LogP contribution in [0, 0.1) is 11.6 Å². The fourth-order valence-electron chi connectivity index (χ4n) is 2.28. The number of hydrogen-bond acceptors (Lipinski definition) is 2. The molecule has 1 amide bonds. The highest BCUT2D eigenvalue weighted by atomic mass is 19.1. The Labute approximate surface area is 103 Å². The highest BCUT2D eigenvalue weighted by Gasteiger charge is 2.42. The maximum atomic E-state index is 13.2. The molecule has 0 spiro atoms. The van der Waals surface area contributed by atoms with Gasteiger partial charge in [-0.1, -0.05) is 0 Å². The van der Waals surface area contributed by atoms with E-state index in [1.807, 2.05) is 0 Å². The zero-order valence-electron chi connectivity index (χ0n) is 9.82. The van der Waals surface area contributed by atoms with Gasteiger partial charge in [0, 0.05) is 26.1 Å². The molecule has 4 nitrogen and oxygen atoms in total. The van der Waals surface area contributed by atoms with Gasteiger partial charge >= 0.3 is 6.09 Å². The van der Waals surface area contributed by atoms with Crippen LogP contribution in [0.15, 0.2) is 18.2 Å². The molecule has 0 saturated carbocycles. The molecule has 1 fully saturated rings. The molecule has 1 aromatic carbocycles. The van der Waals surface area contributed by atoms with Crippen LogP contribution in [0.4, 0.5) is 13.6 Å². The van der Waals surface area contributed by atoms with Gasteiger partial charge in [-0.2, -0.15) is 0 Å². The average Bonchev–Trinajstić information content (AvgIpc) is 2.73. The van der Waals surface area contributed by atoms with Crippen LogP contribution in [-0.4, -0.2) is 36.3 Å². The van der Waals surface area contributed by atoms with Crippen LogP contribution >= 0.6 is 0 Å². The lowest BCUT2D eigenvalue weighted by Crippen LogP contribution is -2.35. The van der Waals surface area contributed by atoms with E-state index in [9.17, 15) is 13.6 Å². The summed E-state index contributed by atoms with van der Waals surface area (Å²) in [5.41, 5.74) is -0.646. The Morgan fingerprint density at radius 2 is 2.00 bits per heavy atom. The van der Waals surface area contributed by atoms with Gasteiger partial charge in [0.15, 0.2) is 0 Å². The molecule has 6 heteroatoms. The summed E-state index contributed by atoms with van der Waals surface area (Å²) in [6.45, 7) is 0.350. The second-order valence-corrected chi connectivity index (χ2v) is 4.31. The summed E-state index contributed by atoms with van der Waals surface area (Å²) in [4.78, 5) is 12.1. The van der Waals surface area contributed by atoms with Crippen molar-refractivity contribution in [2.24, 2.45) is 0 Å². The maximum absolute atomic E-state index is 13.2. The van der Waals surface area contributed by atoms with Crippen molar-refractivity contribution in [1.29, 1.82) is 0 Å². The predicted octanol–water partition coefficient (Wildman–Crippen LogP) is 2.19. The first-order valence-corrected chi connectivity index (χ1v) is 5.46. The minimum atomic E-state index is -1.06. The highest BCUT2D eigenvalue weighted by Crippen LogP contribution is 2.36. The number of carboxylic acid groups (broad SMARTS) is 1. The van der Waals surface area contributed by atoms with Crippen molar-refractivity contribution in [3.05, 3.63) is 35.4 Å². The highest BCUT2D eigenvalue weighted by molar-refractivity contribution is 5.65. The minimum Gasteiger partial charge on any atom is -0.465 e. The van der Waals surface area contributed by atoms with Crippen LogP contribution in [0.5, 0.6) is 0 Å². The van der Waals surface area contributed by atoms with Crippen LogP contribution in [0.1, 0.15) is 12.0 Å². The number of nitrogens with zero attached hydrogens (tertiary/aromatic N) is 1. The summed E-state index contributed by atoms with van der Waals surface area (Å²) in [6.07, 6.45) is -0.690. The molecule has 1 saturated heterocycles. The van der Waals surface area contributed by atoms with Crippen molar-refractivity contribution in [2.75, 3.05) is 20.2 Å². The molecule has 1 aromatic rings. The number of rotatable bonds is 2. The zero-order valence-corrected chi connectivity index (χ0v) is 9.82. The summed E-state index contributed by atoms with van der Waals surface area (Å²) >= 11 is 0. The lowest BCUT2D eigenvalue weighted by molar-refractivity contribution is -0.00527. The van der Waals surface area contributed by atoms with Gasteiger partial charge < -0.3 is 14.7 Å². The fraction of sp³-hybridized carbons (Fsp3) is 0.417. The predicted molar refractivity (Wildman–Crippen MR) is 59.3 cm³/mol. The molecule has 0 aromatic heterocycles. The molecule has 1 N–H and O–H groups in total. The molecule has 1 atom stereocenters. The first-order chi connectivity index (χ1) is 8.47. The Bertz CT molecular complexity index is 460. The van der Waals surface area contributed by atoms with E-state index in [-0.39, 0.29) is 13.1 Å². The van der Waals surface area contributed by atoms with E-state index in [1.165, 1.54) is 24.1 Å². The molecule has 1 aliphatic rings. The Hall–Kier alpha value is -1.69. The van der Waals surface area contributed by atoms with E-state index in [0.717, 1.165) is 6.07 Å². The number of benzene rings is 1. The van der Waals surface area contributed by atoms with Gasteiger partial charge in [0.25, 0.3) is 0 Å². The van der Waals surface area contributed by atoms with Crippen molar-refractivity contribution < 1.29 is 23.4 Å². The van der Waals surface area contributed by atoms with Gasteiger partial charge in [-0.25, -0.2) is 13.6 Å². The Kier molecular flexibility index (Phi) is 3.21. The van der Waals surface area contributed by atoms with E-state index in [4.69, 9.17) is 9.84 Å². The zero-order chi connectivity index (χ0) is 13.3. The molecule has 18 heavy (non-hydrogen) atoms. The third kappa shape index (κ3) is 2.15. The fourth-order valence-corrected chi connectivity index (χ4v) is 2.28. The number of ether oxygens (including phenoxy) is 1. The van der Waals surface area contributed by atoms with E-state index in [1.54, 1.807) is 0 Å². The van der Waals surface area contributed by atoms with E-state index >= 15 is 0 Å². The molecular weight excluding hydrogens is 244 g/mol. The topological polar surface area (TPSA) is 49.8 Å². The van der Waals surface area contributed by atoms with Crippen molar-refractivity contribution in [3.63, 3.8) is 0 Å². The van der Waals surface area contributed by atoms with Crippen molar-refractivity contribution in [1.82, 2.24) is 4.90 Å². The molecule has 1 unspecified atom stereocenters. The SMILES string of the molecule is COC1(c2cc(F)cc(F)c2)CCN(C(=O)O)C1. The largest absolute Gasteiger partial charge is 0.465 e. The summed E-state index contributed by atoms with van der Waals surface area (Å²) < 4.78 is 31.8. The number of methoxy groups -OCH3 is 1. The third-order valence-electron chi connectivity index (χ3n) is 3.28. The molecule has 0 bridgehead atoms. The molecule has 1 heterocycles. The van der Waals surface area contributed by atoms with Crippen LogP contribution in [0.3, 0.4) is 0 Å². The molecule has 0 aliphatic carbocycles. The molecule has 2 rings (SSSR count). The van der Waals surface area contributed by atoms with Crippen LogP contribution < -0.4 is 0 Å². The standard InChI is InChI=1S/C12H13F2NO3/c1-18-12(2-3-15(7-12)11(16)17)8-4-9(13)6-10(14)5-8/h4-6H,2-3,7H2,1H3,(H,16,17). The van der Waals surface area contributed by atoms with E-state index < -0.39 is 23.3 Å². The quantitative estimate of drug-likeness (QED) is 0.883. The summed E-state index contributed by atoms with van der Waals surface area (Å²) in [5.74, 6) is -1.40. The van der Waals surface area contributed by atoms with Gasteiger partial charge in [-0.3, -0.25) is 0 Å². The van der Waals surface area contributed by atoms with Gasteiger partial charge in [0.2, 0.25) is 0 Å². The second kappa shape index (κ2) is 4.53. The maximum Gasteiger partial charge on any atom is 0.407 e. The van der Waals surface area contributed by atoms with E-state index in [0.29, 0.717) is 12.0 Å². The Balaban J connectivity index is 2.36. The third-order valence-corrected chi connectivity index (χ3v) is 3.28. The summed E-state index contributed by atoms with van der Waals surface area (Å²) in [7, 11) is 1.41. The normalized spacial score (nSPS) is 23.4. The number of halogens is 2.